The molecule has 3 amide bonds. The van der Waals surface area contributed by atoms with Gasteiger partial charge in [-0.2, -0.15) is 0 Å². The van der Waals surface area contributed by atoms with E-state index >= 15 is 0 Å². The Morgan fingerprint density at radius 1 is 1.22 bits per heavy atom. The van der Waals surface area contributed by atoms with Crippen molar-refractivity contribution in [3.63, 3.8) is 0 Å². The lowest BCUT2D eigenvalue weighted by Crippen LogP contribution is -2.43. The molecular formula is C22H27N3O7. The van der Waals surface area contributed by atoms with Gasteiger partial charge in [-0.05, 0) is 31.0 Å². The third kappa shape index (κ3) is 6.93. The summed E-state index contributed by atoms with van der Waals surface area (Å²) in [7, 11) is 1.51. The zero-order chi connectivity index (χ0) is 23.8. The molecule has 2 aromatic rings. The molecule has 1 atom stereocenters. The zero-order valence-electron chi connectivity index (χ0n) is 18.3. The van der Waals surface area contributed by atoms with Gasteiger partial charge in [0.2, 0.25) is 11.8 Å². The van der Waals surface area contributed by atoms with Gasteiger partial charge in [-0.3, -0.25) is 14.4 Å². The van der Waals surface area contributed by atoms with E-state index in [0.717, 1.165) is 10.9 Å². The molecule has 0 saturated carbocycles. The number of aryl methyl sites for hydroxylation is 1. The average molecular weight is 445 g/mol. The first-order chi connectivity index (χ1) is 15.1. The lowest BCUT2D eigenvalue weighted by atomic mass is 10.0. The number of fused-ring (bicyclic) bond motifs is 1. The summed E-state index contributed by atoms with van der Waals surface area (Å²) in [6.07, 6.45) is -0.415. The Balaban J connectivity index is 1.91. The molecule has 3 N–H and O–H groups in total. The standard InChI is InChI=1S/C22H27N3O7/c1-4-20(28)24-16(12-19(23)27)17(26)6-5-9-25(3)22(30)31-14-7-8-15-13(2)10-21(29)32-18(15)11-14/h7-8,10-11,16H,4-6,9,12H2,1-3H3,(H2,23,27)(H,24,28)/t16-/m1/s1. The monoisotopic (exact) mass is 445 g/mol. The van der Waals surface area contributed by atoms with Crippen molar-refractivity contribution in [3.05, 3.63) is 40.2 Å². The first-order valence-corrected chi connectivity index (χ1v) is 10.2. The molecule has 10 nitrogen and oxygen atoms in total. The number of amides is 3. The summed E-state index contributed by atoms with van der Waals surface area (Å²) in [6, 6.07) is 5.15. The Labute approximate surface area is 184 Å². The molecule has 32 heavy (non-hydrogen) atoms. The molecule has 0 bridgehead atoms. The zero-order valence-corrected chi connectivity index (χ0v) is 18.3. The Bertz CT molecular complexity index is 1080. The number of carbonyl (C=O) groups is 4. The summed E-state index contributed by atoms with van der Waals surface area (Å²) in [5.74, 6) is -1.18. The SMILES string of the molecule is CCC(=O)N[C@H](CC(N)=O)C(=O)CCCN(C)C(=O)Oc1ccc2c(C)cc(=O)oc2c1. The van der Waals surface area contributed by atoms with E-state index in [0.29, 0.717) is 12.0 Å². The van der Waals surface area contributed by atoms with Gasteiger partial charge in [-0.25, -0.2) is 9.59 Å². The number of primary amides is 1. The molecule has 0 aliphatic rings. The van der Waals surface area contributed by atoms with E-state index in [1.165, 1.54) is 24.1 Å². The third-order valence-corrected chi connectivity index (χ3v) is 4.81. The fourth-order valence-electron chi connectivity index (χ4n) is 3.05. The van der Waals surface area contributed by atoms with Crippen LogP contribution in [0.15, 0.2) is 33.5 Å². The van der Waals surface area contributed by atoms with Gasteiger partial charge in [0.05, 0.1) is 12.5 Å². The van der Waals surface area contributed by atoms with Crippen LogP contribution in [0, 0.1) is 6.92 Å². The Hall–Kier alpha value is -3.69. The van der Waals surface area contributed by atoms with E-state index in [1.807, 2.05) is 0 Å². The van der Waals surface area contributed by atoms with Crippen LogP contribution in [0.5, 0.6) is 5.75 Å². The number of hydrogen-bond donors (Lipinski definition) is 2. The minimum Gasteiger partial charge on any atom is -0.423 e. The normalized spacial score (nSPS) is 11.6. The van der Waals surface area contributed by atoms with Crippen molar-refractivity contribution in [1.29, 1.82) is 0 Å². The minimum atomic E-state index is -0.979. The van der Waals surface area contributed by atoms with Crippen LogP contribution in [0.2, 0.25) is 0 Å². The third-order valence-electron chi connectivity index (χ3n) is 4.81. The van der Waals surface area contributed by atoms with Crippen LogP contribution in [-0.4, -0.2) is 48.2 Å². The van der Waals surface area contributed by atoms with Crippen LogP contribution >= 0.6 is 0 Å². The highest BCUT2D eigenvalue weighted by Crippen LogP contribution is 2.22. The summed E-state index contributed by atoms with van der Waals surface area (Å²) >= 11 is 0. The molecule has 0 fully saturated rings. The molecule has 1 aromatic carbocycles. The molecule has 2 rings (SSSR count). The van der Waals surface area contributed by atoms with Gasteiger partial charge in [-0.15, -0.1) is 0 Å². The van der Waals surface area contributed by atoms with Crippen molar-refractivity contribution in [1.82, 2.24) is 10.2 Å². The molecule has 0 aliphatic heterocycles. The predicted molar refractivity (Wildman–Crippen MR) is 116 cm³/mol. The molecule has 1 aromatic heterocycles. The lowest BCUT2D eigenvalue weighted by Gasteiger charge is -2.18. The van der Waals surface area contributed by atoms with Gasteiger partial charge in [0.15, 0.2) is 5.78 Å². The van der Waals surface area contributed by atoms with Crippen molar-refractivity contribution >= 4 is 34.7 Å². The van der Waals surface area contributed by atoms with Crippen LogP contribution in [0.1, 0.15) is 38.2 Å². The molecule has 0 unspecified atom stereocenters. The van der Waals surface area contributed by atoms with E-state index in [9.17, 15) is 24.0 Å². The predicted octanol–water partition coefficient (Wildman–Crippen LogP) is 1.65. The van der Waals surface area contributed by atoms with Gasteiger partial charge in [0, 0.05) is 44.0 Å². The quantitative estimate of drug-likeness (QED) is 0.528. The maximum absolute atomic E-state index is 12.4. The topological polar surface area (TPSA) is 149 Å². The summed E-state index contributed by atoms with van der Waals surface area (Å²) in [6.45, 7) is 3.62. The lowest BCUT2D eigenvalue weighted by molar-refractivity contribution is -0.130. The summed E-state index contributed by atoms with van der Waals surface area (Å²) in [5, 5.41) is 3.22. The van der Waals surface area contributed by atoms with Gasteiger partial charge in [-0.1, -0.05) is 6.92 Å². The molecule has 1 heterocycles. The van der Waals surface area contributed by atoms with E-state index in [1.54, 1.807) is 26.0 Å². The number of benzene rings is 1. The highest BCUT2D eigenvalue weighted by Gasteiger charge is 2.22. The van der Waals surface area contributed by atoms with E-state index in [2.05, 4.69) is 5.32 Å². The summed E-state index contributed by atoms with van der Waals surface area (Å²) < 4.78 is 10.5. The molecule has 0 radical (unpaired) electrons. The van der Waals surface area contributed by atoms with E-state index in [4.69, 9.17) is 14.9 Å². The number of nitrogens with zero attached hydrogens (tertiary/aromatic N) is 1. The second-order valence-electron chi connectivity index (χ2n) is 7.41. The van der Waals surface area contributed by atoms with Crippen molar-refractivity contribution < 1.29 is 28.3 Å². The van der Waals surface area contributed by atoms with E-state index < -0.39 is 23.7 Å². The Morgan fingerprint density at radius 3 is 2.59 bits per heavy atom. The van der Waals surface area contributed by atoms with Crippen molar-refractivity contribution in [2.75, 3.05) is 13.6 Å². The Kier molecular flexibility index (Phi) is 8.51. The number of nitrogens with one attached hydrogen (secondary N) is 1. The smallest absolute Gasteiger partial charge is 0.414 e. The largest absolute Gasteiger partial charge is 0.423 e. The number of Topliss-reactive ketones (excluding diaryl/α,β-unsaturated/α-hetero) is 1. The van der Waals surface area contributed by atoms with Crippen LogP contribution < -0.4 is 21.4 Å². The molecule has 0 spiro atoms. The fraction of sp³-hybridized carbons (Fsp3) is 0.409. The summed E-state index contributed by atoms with van der Waals surface area (Å²) in [5.41, 5.74) is 5.72. The Morgan fingerprint density at radius 2 is 1.94 bits per heavy atom. The van der Waals surface area contributed by atoms with Crippen molar-refractivity contribution in [3.8, 4) is 5.75 Å². The van der Waals surface area contributed by atoms with Crippen molar-refractivity contribution in [2.24, 2.45) is 5.73 Å². The molecule has 172 valence electrons. The molecule has 0 aliphatic carbocycles. The highest BCUT2D eigenvalue weighted by molar-refractivity contribution is 5.92. The van der Waals surface area contributed by atoms with Gasteiger partial charge in [0.1, 0.15) is 11.3 Å². The minimum absolute atomic E-state index is 0.0416. The van der Waals surface area contributed by atoms with E-state index in [-0.39, 0.29) is 43.2 Å². The van der Waals surface area contributed by atoms with Crippen LogP contribution in [0.3, 0.4) is 0 Å². The number of carbonyl (C=O) groups excluding carboxylic acids is 4. The highest BCUT2D eigenvalue weighted by atomic mass is 16.6. The fourth-order valence-corrected chi connectivity index (χ4v) is 3.05. The van der Waals surface area contributed by atoms with Crippen LogP contribution in [0.25, 0.3) is 11.0 Å². The number of rotatable bonds is 10. The maximum Gasteiger partial charge on any atom is 0.414 e. The second kappa shape index (κ2) is 11.1. The molecule has 10 heteroatoms. The number of ketones is 1. The maximum atomic E-state index is 12.4. The number of ether oxygens (including phenoxy) is 1. The molecule has 0 saturated heterocycles. The number of hydrogen-bond acceptors (Lipinski definition) is 7. The second-order valence-corrected chi connectivity index (χ2v) is 7.41. The molecular weight excluding hydrogens is 418 g/mol. The van der Waals surface area contributed by atoms with Gasteiger partial charge < -0.3 is 25.1 Å². The average Bonchev–Trinajstić information content (AvgIpc) is 2.72. The van der Waals surface area contributed by atoms with Crippen LogP contribution in [-0.2, 0) is 14.4 Å². The van der Waals surface area contributed by atoms with Gasteiger partial charge >= 0.3 is 11.7 Å². The first kappa shape index (κ1) is 24.6. The first-order valence-electron chi connectivity index (χ1n) is 10.2. The van der Waals surface area contributed by atoms with Gasteiger partial charge in [0.25, 0.3) is 0 Å². The number of nitrogens with two attached hydrogens (primary N) is 1. The summed E-state index contributed by atoms with van der Waals surface area (Å²) in [4.78, 5) is 60.3. The van der Waals surface area contributed by atoms with Crippen molar-refractivity contribution in [2.45, 2.75) is 45.6 Å². The van der Waals surface area contributed by atoms with Crippen LogP contribution in [0.4, 0.5) is 4.79 Å².